The Morgan fingerprint density at radius 2 is 1.33 bits per heavy atom. The average Bonchev–Trinajstić information content (AvgIpc) is 2.99. The van der Waals surface area contributed by atoms with Gasteiger partial charge in [0.05, 0.1) is 22.3 Å². The van der Waals surface area contributed by atoms with E-state index in [0.717, 1.165) is 55.8 Å². The van der Waals surface area contributed by atoms with Crippen LogP contribution in [-0.4, -0.2) is 4.57 Å². The smallest absolute Gasteiger partial charge is 0.263 e. The highest BCUT2D eigenvalue weighted by Crippen LogP contribution is 2.59. The molecule has 7 rings (SSSR count). The summed E-state index contributed by atoms with van der Waals surface area (Å²) in [7, 11) is 0. The summed E-state index contributed by atoms with van der Waals surface area (Å²) in [5.74, 6) is 0. The molecule has 0 N–H and O–H groups in total. The van der Waals surface area contributed by atoms with Crippen molar-refractivity contribution in [2.24, 2.45) is 0 Å². The van der Waals surface area contributed by atoms with Gasteiger partial charge in [-0.3, -0.25) is 9.36 Å². The number of para-hydroxylation sites is 3. The van der Waals surface area contributed by atoms with Gasteiger partial charge in [0.2, 0.25) is 0 Å². The van der Waals surface area contributed by atoms with Crippen LogP contribution in [0.15, 0.2) is 144 Å². The molecule has 1 spiro atoms. The predicted octanol–water partition coefficient (Wildman–Crippen LogP) is 8.48. The predicted molar refractivity (Wildman–Crippen MR) is 164 cm³/mol. The summed E-state index contributed by atoms with van der Waals surface area (Å²) < 4.78 is 1.86. The summed E-state index contributed by atoms with van der Waals surface area (Å²) in [4.78, 5) is 16.5. The SMILES string of the molecule is C=CC1=C(C=C)C2(C(C)=C(C)N(c3ccccc3)c3ccccc32)c2cccc3c4ccccc4c(=O)n1c23. The van der Waals surface area contributed by atoms with E-state index in [4.69, 9.17) is 0 Å². The van der Waals surface area contributed by atoms with Gasteiger partial charge in [0.15, 0.2) is 0 Å². The minimum Gasteiger partial charge on any atom is -0.314 e. The van der Waals surface area contributed by atoms with Gasteiger partial charge in [-0.15, -0.1) is 0 Å². The number of anilines is 2. The highest BCUT2D eigenvalue weighted by Gasteiger charge is 2.50. The molecule has 1 atom stereocenters. The molecule has 0 radical (unpaired) electrons. The van der Waals surface area contributed by atoms with Crippen molar-refractivity contribution < 1.29 is 0 Å². The van der Waals surface area contributed by atoms with Gasteiger partial charge in [0, 0.05) is 22.2 Å². The molecule has 2 aliphatic rings. The number of fused-ring (bicyclic) bond motifs is 5. The second kappa shape index (κ2) is 8.31. The van der Waals surface area contributed by atoms with E-state index in [0.29, 0.717) is 5.39 Å². The van der Waals surface area contributed by atoms with Gasteiger partial charge >= 0.3 is 0 Å². The standard InChI is InChI=1S/C36H28N2O/c1-5-29-32(6-2)38-34-27(26-17-10-11-18-28(26)35(38)39)19-14-21-31(34)36(29)23(3)24(4)37(25-15-8-7-9-16-25)33-22-13-12-20-30(33)36/h5-22H,1-2H2,3-4H3. The molecule has 2 aliphatic heterocycles. The van der Waals surface area contributed by atoms with Crippen LogP contribution < -0.4 is 10.5 Å². The molecule has 0 bridgehead atoms. The first-order chi connectivity index (χ1) is 19.1. The number of pyridine rings is 1. The summed E-state index contributed by atoms with van der Waals surface area (Å²) in [6.07, 6.45) is 3.74. The molecule has 3 nitrogen and oxygen atoms in total. The Bertz CT molecular complexity index is 1990. The van der Waals surface area contributed by atoms with Crippen LogP contribution in [0.3, 0.4) is 0 Å². The fourth-order valence-corrected chi connectivity index (χ4v) is 6.99. The molecule has 1 unspecified atom stereocenters. The Kier molecular flexibility index (Phi) is 4.95. The van der Waals surface area contributed by atoms with Gasteiger partial charge in [-0.2, -0.15) is 0 Å². The van der Waals surface area contributed by atoms with Crippen LogP contribution in [0.5, 0.6) is 0 Å². The van der Waals surface area contributed by atoms with Crippen LogP contribution in [-0.2, 0) is 5.41 Å². The zero-order valence-corrected chi connectivity index (χ0v) is 22.1. The second-order valence-electron chi connectivity index (χ2n) is 10.2. The number of benzene rings is 4. The molecular weight excluding hydrogens is 476 g/mol. The van der Waals surface area contributed by atoms with Crippen molar-refractivity contribution in [2.75, 3.05) is 4.90 Å². The van der Waals surface area contributed by atoms with Crippen molar-refractivity contribution in [1.29, 1.82) is 0 Å². The summed E-state index contributed by atoms with van der Waals surface area (Å²) >= 11 is 0. The number of hydrogen-bond acceptors (Lipinski definition) is 2. The Balaban J connectivity index is 1.73. The van der Waals surface area contributed by atoms with Gasteiger partial charge in [0.25, 0.3) is 5.56 Å². The molecule has 1 aromatic heterocycles. The third-order valence-corrected chi connectivity index (χ3v) is 8.64. The number of nitrogens with zero attached hydrogens (tertiary/aromatic N) is 2. The maximum absolute atomic E-state index is 14.1. The van der Waals surface area contributed by atoms with Crippen molar-refractivity contribution in [2.45, 2.75) is 19.3 Å². The van der Waals surface area contributed by atoms with Crippen LogP contribution in [0.25, 0.3) is 27.4 Å². The molecule has 39 heavy (non-hydrogen) atoms. The molecule has 5 aromatic rings. The number of rotatable bonds is 3. The summed E-state index contributed by atoms with van der Waals surface area (Å²) in [5.41, 5.74) is 8.79. The zero-order chi connectivity index (χ0) is 26.9. The van der Waals surface area contributed by atoms with Crippen molar-refractivity contribution in [1.82, 2.24) is 4.57 Å². The van der Waals surface area contributed by atoms with Crippen molar-refractivity contribution in [3.63, 3.8) is 0 Å². The zero-order valence-electron chi connectivity index (χ0n) is 22.1. The first kappa shape index (κ1) is 23.2. The van der Waals surface area contributed by atoms with Crippen LogP contribution in [0, 0.1) is 0 Å². The summed E-state index contributed by atoms with van der Waals surface area (Å²) in [5, 5.41) is 2.71. The molecule has 0 amide bonds. The monoisotopic (exact) mass is 504 g/mol. The largest absolute Gasteiger partial charge is 0.314 e. The summed E-state index contributed by atoms with van der Waals surface area (Å²) in [6, 6.07) is 33.4. The fraction of sp³-hybridized carbons (Fsp3) is 0.0833. The topological polar surface area (TPSA) is 25.2 Å². The molecule has 0 saturated carbocycles. The second-order valence-corrected chi connectivity index (χ2v) is 10.2. The van der Waals surface area contributed by atoms with Crippen molar-refractivity contribution >= 4 is 38.7 Å². The third kappa shape index (κ3) is 2.79. The lowest BCUT2D eigenvalue weighted by Gasteiger charge is -2.49. The van der Waals surface area contributed by atoms with E-state index in [9.17, 15) is 4.79 Å². The molecule has 188 valence electrons. The van der Waals surface area contributed by atoms with Crippen molar-refractivity contribution in [3.8, 4) is 0 Å². The molecule has 3 heterocycles. The molecule has 0 fully saturated rings. The van der Waals surface area contributed by atoms with Crippen LogP contribution >= 0.6 is 0 Å². The Morgan fingerprint density at radius 3 is 2.08 bits per heavy atom. The molecular formula is C36H28N2O. The van der Waals surface area contributed by atoms with E-state index >= 15 is 0 Å². The van der Waals surface area contributed by atoms with Crippen LogP contribution in [0.1, 0.15) is 25.0 Å². The van der Waals surface area contributed by atoms with Gasteiger partial charge in [0.1, 0.15) is 0 Å². The molecule has 3 heteroatoms. The Morgan fingerprint density at radius 1 is 0.692 bits per heavy atom. The Labute approximate surface area is 228 Å². The van der Waals surface area contributed by atoms with E-state index < -0.39 is 5.41 Å². The molecule has 0 aliphatic carbocycles. The third-order valence-electron chi connectivity index (χ3n) is 8.64. The maximum Gasteiger partial charge on any atom is 0.263 e. The van der Waals surface area contributed by atoms with Crippen LogP contribution in [0.2, 0.25) is 0 Å². The first-order valence-electron chi connectivity index (χ1n) is 13.2. The number of allylic oxidation sites excluding steroid dienone is 6. The normalized spacial score (nSPS) is 18.2. The Hall–Kier alpha value is -4.89. The number of hydrogen-bond donors (Lipinski definition) is 0. The van der Waals surface area contributed by atoms with E-state index in [1.807, 2.05) is 47.1 Å². The summed E-state index contributed by atoms with van der Waals surface area (Å²) in [6.45, 7) is 12.9. The minimum absolute atomic E-state index is 0.0389. The lowest BCUT2D eigenvalue weighted by Crippen LogP contribution is -2.43. The molecule has 4 aromatic carbocycles. The van der Waals surface area contributed by atoms with Gasteiger partial charge < -0.3 is 4.90 Å². The quantitative estimate of drug-likeness (QED) is 0.230. The van der Waals surface area contributed by atoms with Crippen molar-refractivity contribution in [3.05, 3.63) is 161 Å². The van der Waals surface area contributed by atoms with E-state index in [-0.39, 0.29) is 5.56 Å². The maximum atomic E-state index is 14.1. The van der Waals surface area contributed by atoms with E-state index in [1.54, 1.807) is 0 Å². The van der Waals surface area contributed by atoms with Gasteiger partial charge in [-0.25, -0.2) is 0 Å². The highest BCUT2D eigenvalue weighted by atomic mass is 16.1. The fourth-order valence-electron chi connectivity index (χ4n) is 6.99. The average molecular weight is 505 g/mol. The van der Waals surface area contributed by atoms with Crippen LogP contribution in [0.4, 0.5) is 11.4 Å². The lowest BCUT2D eigenvalue weighted by molar-refractivity contribution is 0.682. The lowest BCUT2D eigenvalue weighted by atomic mass is 9.60. The van der Waals surface area contributed by atoms with Gasteiger partial charge in [-0.1, -0.05) is 92.0 Å². The van der Waals surface area contributed by atoms with E-state index in [1.165, 1.54) is 5.57 Å². The minimum atomic E-state index is -0.647. The molecule has 0 saturated heterocycles. The number of aromatic nitrogens is 1. The first-order valence-corrected chi connectivity index (χ1v) is 13.2. The van der Waals surface area contributed by atoms with E-state index in [2.05, 4.69) is 98.6 Å². The van der Waals surface area contributed by atoms with Gasteiger partial charge in [-0.05, 0) is 71.8 Å². The highest BCUT2D eigenvalue weighted by molar-refractivity contribution is 6.10.